The summed E-state index contributed by atoms with van der Waals surface area (Å²) < 4.78 is 5.31. The molecule has 4 atom stereocenters. The highest BCUT2D eigenvalue weighted by Crippen LogP contribution is 2.42. The van der Waals surface area contributed by atoms with Gasteiger partial charge in [-0.1, -0.05) is 49.4 Å². The third kappa shape index (κ3) is 4.37. The summed E-state index contributed by atoms with van der Waals surface area (Å²) >= 11 is 0. The second-order valence-corrected chi connectivity index (χ2v) is 8.37. The van der Waals surface area contributed by atoms with E-state index in [1.807, 2.05) is 6.92 Å². The molecule has 0 N–H and O–H groups in total. The maximum atomic E-state index is 12.3. The van der Waals surface area contributed by atoms with Crippen molar-refractivity contribution in [3.63, 3.8) is 0 Å². The smallest absolute Gasteiger partial charge is 0.311 e. The van der Waals surface area contributed by atoms with Gasteiger partial charge in [-0.3, -0.25) is 4.79 Å². The van der Waals surface area contributed by atoms with Crippen LogP contribution in [-0.4, -0.2) is 36.6 Å². The minimum atomic E-state index is -0.284. The number of nitrogens with zero attached hydrogens (tertiary/aromatic N) is 1. The summed E-state index contributed by atoms with van der Waals surface area (Å²) in [6.07, 6.45) is 8.89. The van der Waals surface area contributed by atoms with E-state index in [-0.39, 0.29) is 11.4 Å². The molecule has 2 unspecified atom stereocenters. The van der Waals surface area contributed by atoms with E-state index in [9.17, 15) is 4.79 Å². The number of carbonyl (C=O) groups excluding carboxylic acids is 1. The summed E-state index contributed by atoms with van der Waals surface area (Å²) in [4.78, 5) is 14.9. The van der Waals surface area contributed by atoms with Crippen LogP contribution in [-0.2, 0) is 9.53 Å². The molecule has 2 aliphatic rings. The molecule has 0 radical (unpaired) electrons. The Morgan fingerprint density at radius 1 is 1.31 bits per heavy atom. The van der Waals surface area contributed by atoms with Gasteiger partial charge in [-0.05, 0) is 63.5 Å². The summed E-state index contributed by atoms with van der Waals surface area (Å²) in [7, 11) is 0. The van der Waals surface area contributed by atoms with E-state index in [2.05, 4.69) is 61.2 Å². The molecule has 1 saturated heterocycles. The third-order valence-corrected chi connectivity index (χ3v) is 6.34. The van der Waals surface area contributed by atoms with Crippen LogP contribution in [0.5, 0.6) is 0 Å². The number of carbonyl (C=O) groups is 1. The van der Waals surface area contributed by atoms with E-state index in [1.54, 1.807) is 0 Å². The van der Waals surface area contributed by atoms with Crippen LogP contribution in [0.1, 0.15) is 52.0 Å². The van der Waals surface area contributed by atoms with Crippen LogP contribution in [0.4, 0.5) is 0 Å². The highest BCUT2D eigenvalue weighted by atomic mass is 16.5. The molecule has 3 rings (SSSR count). The molecule has 1 aromatic carbocycles. The van der Waals surface area contributed by atoms with Gasteiger partial charge < -0.3 is 9.64 Å². The Hall–Kier alpha value is -1.61. The average molecular weight is 356 g/mol. The van der Waals surface area contributed by atoms with Crippen molar-refractivity contribution in [2.24, 2.45) is 17.3 Å². The highest BCUT2D eigenvalue weighted by molar-refractivity contribution is 5.76. The largest absolute Gasteiger partial charge is 0.466 e. The van der Waals surface area contributed by atoms with Gasteiger partial charge in [0.2, 0.25) is 0 Å². The molecule has 3 nitrogen and oxygen atoms in total. The summed E-state index contributed by atoms with van der Waals surface area (Å²) in [5, 5.41) is 0. The lowest BCUT2D eigenvalue weighted by molar-refractivity contribution is -0.154. The van der Waals surface area contributed by atoms with Crippen molar-refractivity contribution in [1.82, 2.24) is 4.90 Å². The normalized spacial score (nSPS) is 32.8. The number of likely N-dealkylation sites (tertiary alicyclic amines) is 1. The van der Waals surface area contributed by atoms with E-state index >= 15 is 0 Å². The fourth-order valence-corrected chi connectivity index (χ4v) is 4.62. The molecule has 1 saturated carbocycles. The molecule has 1 heterocycles. The number of hydrogen-bond acceptors (Lipinski definition) is 3. The molecule has 0 amide bonds. The first-order valence-corrected chi connectivity index (χ1v) is 10.2. The SMILES string of the molecule is CCOC(=O)C1(C)CCC(N2CC[C@@H](/C=C\c3ccccc3)[C@@H](C)C2)C1. The lowest BCUT2D eigenvalue weighted by atomic mass is 9.84. The van der Waals surface area contributed by atoms with Gasteiger partial charge in [0.05, 0.1) is 12.0 Å². The first-order chi connectivity index (χ1) is 12.5. The van der Waals surface area contributed by atoms with Crippen LogP contribution in [0, 0.1) is 17.3 Å². The Labute approximate surface area is 158 Å². The van der Waals surface area contributed by atoms with Gasteiger partial charge in [0.25, 0.3) is 0 Å². The lowest BCUT2D eigenvalue weighted by Gasteiger charge is -2.39. The molecule has 1 aliphatic carbocycles. The molecule has 3 heteroatoms. The van der Waals surface area contributed by atoms with Gasteiger partial charge in [0, 0.05) is 12.6 Å². The molecular formula is C23H33NO2. The topological polar surface area (TPSA) is 29.5 Å². The molecule has 0 aromatic heterocycles. The molecule has 26 heavy (non-hydrogen) atoms. The monoisotopic (exact) mass is 355 g/mol. The number of allylic oxidation sites excluding steroid dienone is 1. The minimum absolute atomic E-state index is 0.00349. The van der Waals surface area contributed by atoms with Crippen LogP contribution in [0.15, 0.2) is 36.4 Å². The summed E-state index contributed by atoms with van der Waals surface area (Å²) in [5.41, 5.74) is 0.997. The van der Waals surface area contributed by atoms with Crippen molar-refractivity contribution in [1.29, 1.82) is 0 Å². The quantitative estimate of drug-likeness (QED) is 0.712. The van der Waals surface area contributed by atoms with Crippen LogP contribution in [0.25, 0.3) is 6.08 Å². The molecule has 1 aliphatic heterocycles. The summed E-state index contributed by atoms with van der Waals surface area (Å²) in [5.74, 6) is 1.29. The van der Waals surface area contributed by atoms with Gasteiger partial charge in [-0.15, -0.1) is 0 Å². The van der Waals surface area contributed by atoms with E-state index < -0.39 is 0 Å². The third-order valence-electron chi connectivity index (χ3n) is 6.34. The first-order valence-electron chi connectivity index (χ1n) is 10.2. The van der Waals surface area contributed by atoms with Crippen LogP contribution < -0.4 is 0 Å². The van der Waals surface area contributed by atoms with E-state index in [0.29, 0.717) is 24.5 Å². The van der Waals surface area contributed by atoms with Crippen molar-refractivity contribution < 1.29 is 9.53 Å². The number of benzene rings is 1. The van der Waals surface area contributed by atoms with Crippen molar-refractivity contribution >= 4 is 12.0 Å². The first kappa shape index (κ1) is 19.2. The van der Waals surface area contributed by atoms with Crippen LogP contribution >= 0.6 is 0 Å². The fraction of sp³-hybridized carbons (Fsp3) is 0.609. The number of esters is 1. The second kappa shape index (κ2) is 8.39. The Morgan fingerprint density at radius 3 is 2.77 bits per heavy atom. The van der Waals surface area contributed by atoms with Crippen molar-refractivity contribution in [3.05, 3.63) is 42.0 Å². The maximum Gasteiger partial charge on any atom is 0.311 e. The fourth-order valence-electron chi connectivity index (χ4n) is 4.62. The molecule has 0 spiro atoms. The van der Waals surface area contributed by atoms with Crippen molar-refractivity contribution in [3.8, 4) is 0 Å². The Morgan fingerprint density at radius 2 is 2.08 bits per heavy atom. The predicted octanol–water partition coefficient (Wildman–Crippen LogP) is 4.78. The average Bonchev–Trinajstić information content (AvgIpc) is 3.05. The lowest BCUT2D eigenvalue weighted by Crippen LogP contribution is -2.44. The molecule has 2 fully saturated rings. The van der Waals surface area contributed by atoms with Gasteiger partial charge >= 0.3 is 5.97 Å². The van der Waals surface area contributed by atoms with Gasteiger partial charge in [0.1, 0.15) is 0 Å². The zero-order valence-electron chi connectivity index (χ0n) is 16.5. The molecular weight excluding hydrogens is 322 g/mol. The number of rotatable bonds is 5. The van der Waals surface area contributed by atoms with E-state index in [0.717, 1.165) is 32.4 Å². The number of hydrogen-bond donors (Lipinski definition) is 0. The summed E-state index contributed by atoms with van der Waals surface area (Å²) in [6.45, 7) is 9.10. The Kier molecular flexibility index (Phi) is 6.18. The maximum absolute atomic E-state index is 12.3. The number of ether oxygens (including phenoxy) is 1. The van der Waals surface area contributed by atoms with Gasteiger partial charge in [0.15, 0.2) is 0 Å². The van der Waals surface area contributed by atoms with E-state index in [1.165, 1.54) is 12.0 Å². The zero-order chi connectivity index (χ0) is 18.6. The summed E-state index contributed by atoms with van der Waals surface area (Å²) in [6, 6.07) is 11.1. The molecule has 1 aromatic rings. The van der Waals surface area contributed by atoms with Crippen LogP contribution in [0.2, 0.25) is 0 Å². The Balaban J connectivity index is 1.54. The Bertz CT molecular complexity index is 626. The van der Waals surface area contributed by atoms with E-state index in [4.69, 9.17) is 4.74 Å². The minimum Gasteiger partial charge on any atom is -0.466 e. The number of piperidine rings is 1. The molecule has 0 bridgehead atoms. The van der Waals surface area contributed by atoms with Crippen LogP contribution in [0.3, 0.4) is 0 Å². The van der Waals surface area contributed by atoms with Crippen molar-refractivity contribution in [2.45, 2.75) is 52.5 Å². The predicted molar refractivity (Wildman–Crippen MR) is 107 cm³/mol. The standard InChI is InChI=1S/C23H33NO2/c1-4-26-22(25)23(3)14-12-21(16-23)24-15-13-20(18(2)17-24)11-10-19-8-6-5-7-9-19/h5-11,18,20-21H,4,12-17H2,1-3H3/b11-10-/t18-,20+,21?,23?/m0/s1. The highest BCUT2D eigenvalue weighted by Gasteiger charge is 2.45. The van der Waals surface area contributed by atoms with Gasteiger partial charge in [-0.25, -0.2) is 0 Å². The molecule has 142 valence electrons. The van der Waals surface area contributed by atoms with Gasteiger partial charge in [-0.2, -0.15) is 0 Å². The zero-order valence-corrected chi connectivity index (χ0v) is 16.5. The second-order valence-electron chi connectivity index (χ2n) is 8.37. The van der Waals surface area contributed by atoms with Crippen molar-refractivity contribution in [2.75, 3.05) is 19.7 Å².